The number of hydrogen-bond donors (Lipinski definition) is 3. The van der Waals surface area contributed by atoms with E-state index >= 15 is 0 Å². The van der Waals surface area contributed by atoms with Gasteiger partial charge in [0.25, 0.3) is 0 Å². The van der Waals surface area contributed by atoms with Crippen LogP contribution in [0.15, 0.2) is 12.7 Å². The fourth-order valence-electron chi connectivity index (χ4n) is 0.641. The molecule has 0 spiro atoms. The zero-order valence-corrected chi connectivity index (χ0v) is 12.6. The summed E-state index contributed by atoms with van der Waals surface area (Å²) < 4.78 is 0. The molecule has 0 atom stereocenters. The van der Waals surface area contributed by atoms with Gasteiger partial charge in [0.05, 0.1) is 0 Å². The monoisotopic (exact) mass is 257 g/mol. The topological polar surface area (TPSA) is 118 Å². The van der Waals surface area contributed by atoms with Crippen molar-refractivity contribution in [1.29, 1.82) is 0 Å². The van der Waals surface area contributed by atoms with E-state index < -0.39 is 23.8 Å². The summed E-state index contributed by atoms with van der Waals surface area (Å²) in [5.74, 6) is -4.22. The van der Waals surface area contributed by atoms with Gasteiger partial charge in [-0.05, 0) is 12.5 Å². The molecular formula is C9H16KNO5. The molecule has 4 N–H and O–H groups in total. The summed E-state index contributed by atoms with van der Waals surface area (Å²) in [6, 6.07) is 0. The molecule has 0 aromatic rings. The first-order valence-electron chi connectivity index (χ1n) is 4.24. The molecule has 0 heterocycles. The Morgan fingerprint density at radius 1 is 1.38 bits per heavy atom. The van der Waals surface area contributed by atoms with Crippen LogP contribution in [-0.2, 0) is 14.4 Å². The second-order valence-corrected chi connectivity index (χ2v) is 2.62. The van der Waals surface area contributed by atoms with Crippen molar-refractivity contribution in [3.63, 3.8) is 0 Å². The zero-order chi connectivity index (χ0) is 12.4. The number of carbonyl (C=O) groups excluding carboxylic acids is 1. The molecular weight excluding hydrogens is 241 g/mol. The molecule has 7 heteroatoms. The van der Waals surface area contributed by atoms with Crippen LogP contribution in [0, 0.1) is 5.92 Å². The molecule has 6 nitrogen and oxygen atoms in total. The number of carbonyl (C=O) groups is 3. The molecule has 0 fully saturated rings. The predicted molar refractivity (Wildman–Crippen MR) is 54.2 cm³/mol. The van der Waals surface area contributed by atoms with Crippen LogP contribution in [0.1, 0.15) is 21.2 Å². The number of carboxylic acids is 2. The molecule has 0 aromatic carbocycles. The average Bonchev–Trinajstić information content (AvgIpc) is 2.14. The molecule has 0 aliphatic heterocycles. The third-order valence-corrected chi connectivity index (χ3v) is 1.37. The van der Waals surface area contributed by atoms with Gasteiger partial charge in [-0.3, -0.25) is 14.4 Å². The van der Waals surface area contributed by atoms with Crippen molar-refractivity contribution in [3.05, 3.63) is 12.7 Å². The van der Waals surface area contributed by atoms with Crippen LogP contribution in [0.25, 0.3) is 0 Å². The maximum Gasteiger partial charge on any atom is 1.00 e. The molecule has 0 unspecified atom stereocenters. The molecule has 0 bridgehead atoms. The van der Waals surface area contributed by atoms with Gasteiger partial charge >= 0.3 is 63.3 Å². The van der Waals surface area contributed by atoms with E-state index in [0.717, 1.165) is 6.08 Å². The predicted octanol–water partition coefficient (Wildman–Crippen LogP) is -2.65. The normalized spacial score (nSPS) is 8.12. The summed E-state index contributed by atoms with van der Waals surface area (Å²) in [5.41, 5.74) is 4.53. The van der Waals surface area contributed by atoms with Gasteiger partial charge < -0.3 is 17.4 Å². The standard InChI is InChI=1S/C6H10O4.C3H5NO.K.H/c1-2-3-4(5(7)8)6(9)10;1-2-3(4)5;;/h4H,2-3H2,1H3,(H,7,8)(H,9,10);2H,1H2,(H2,4,5);;/q;;+1;-1. The third kappa shape index (κ3) is 13.8. The van der Waals surface area contributed by atoms with Gasteiger partial charge in [-0.15, -0.1) is 0 Å². The molecule has 16 heavy (non-hydrogen) atoms. The fourth-order valence-corrected chi connectivity index (χ4v) is 0.641. The van der Waals surface area contributed by atoms with Crippen molar-refractivity contribution in [3.8, 4) is 0 Å². The number of rotatable bonds is 5. The summed E-state index contributed by atoms with van der Waals surface area (Å²) in [6.45, 7) is 4.83. The Morgan fingerprint density at radius 3 is 1.75 bits per heavy atom. The van der Waals surface area contributed by atoms with E-state index in [9.17, 15) is 14.4 Å². The van der Waals surface area contributed by atoms with Gasteiger partial charge in [0, 0.05) is 0 Å². The molecule has 1 amide bonds. The Bertz CT molecular complexity index is 246. The molecule has 0 saturated heterocycles. The first kappa shape index (κ1) is 21.1. The number of aliphatic carboxylic acids is 2. The first-order valence-corrected chi connectivity index (χ1v) is 4.24. The molecule has 0 aliphatic carbocycles. The second-order valence-electron chi connectivity index (χ2n) is 2.62. The van der Waals surface area contributed by atoms with Gasteiger partial charge in [-0.2, -0.15) is 0 Å². The van der Waals surface area contributed by atoms with Crippen LogP contribution in [-0.4, -0.2) is 28.1 Å². The van der Waals surface area contributed by atoms with Crippen LogP contribution >= 0.6 is 0 Å². The van der Waals surface area contributed by atoms with E-state index in [2.05, 4.69) is 12.3 Å². The van der Waals surface area contributed by atoms with Gasteiger partial charge in [0.15, 0.2) is 5.92 Å². The van der Waals surface area contributed by atoms with Gasteiger partial charge in [-0.1, -0.05) is 19.9 Å². The van der Waals surface area contributed by atoms with Crippen molar-refractivity contribution in [2.24, 2.45) is 11.7 Å². The second kappa shape index (κ2) is 12.9. The molecule has 88 valence electrons. The minimum absolute atomic E-state index is 0. The quantitative estimate of drug-likeness (QED) is 0.282. The minimum Gasteiger partial charge on any atom is -1.00 e. The molecule has 0 radical (unpaired) electrons. The number of hydrogen-bond acceptors (Lipinski definition) is 3. The van der Waals surface area contributed by atoms with Crippen molar-refractivity contribution in [2.45, 2.75) is 19.8 Å². The average molecular weight is 257 g/mol. The van der Waals surface area contributed by atoms with Gasteiger partial charge in [0.2, 0.25) is 5.91 Å². The van der Waals surface area contributed by atoms with Crippen molar-refractivity contribution < 1.29 is 77.4 Å². The van der Waals surface area contributed by atoms with Crippen LogP contribution in [0.3, 0.4) is 0 Å². The Hall–Kier alpha value is -0.214. The van der Waals surface area contributed by atoms with E-state index in [1.54, 1.807) is 6.92 Å². The molecule has 0 aliphatic rings. The zero-order valence-electron chi connectivity index (χ0n) is 10.5. The van der Waals surface area contributed by atoms with E-state index in [0.29, 0.717) is 6.42 Å². The molecule has 0 aromatic heterocycles. The SMILES string of the molecule is C=CC(N)=O.CCCC(C(=O)O)C(=O)O.[H-].[K+]. The first-order chi connectivity index (χ1) is 6.86. The smallest absolute Gasteiger partial charge is 1.00 e. The number of primary amides is 1. The van der Waals surface area contributed by atoms with Crippen molar-refractivity contribution in [1.82, 2.24) is 0 Å². The Balaban J connectivity index is -0.000000105. The van der Waals surface area contributed by atoms with Crippen LogP contribution in [0.4, 0.5) is 0 Å². The van der Waals surface area contributed by atoms with Gasteiger partial charge in [0.1, 0.15) is 0 Å². The maximum absolute atomic E-state index is 10.2. The Morgan fingerprint density at radius 2 is 1.69 bits per heavy atom. The Labute approximate surface area is 138 Å². The van der Waals surface area contributed by atoms with Gasteiger partial charge in [-0.25, -0.2) is 0 Å². The summed E-state index contributed by atoms with van der Waals surface area (Å²) in [5, 5.41) is 16.6. The van der Waals surface area contributed by atoms with Crippen LogP contribution in [0.5, 0.6) is 0 Å². The van der Waals surface area contributed by atoms with E-state index in [4.69, 9.17) is 10.2 Å². The number of nitrogens with two attached hydrogens (primary N) is 1. The van der Waals surface area contributed by atoms with E-state index in [1.165, 1.54) is 0 Å². The van der Waals surface area contributed by atoms with Crippen LogP contribution in [0.2, 0.25) is 0 Å². The number of amides is 1. The van der Waals surface area contributed by atoms with Crippen molar-refractivity contribution in [2.75, 3.05) is 0 Å². The fraction of sp³-hybridized carbons (Fsp3) is 0.444. The third-order valence-electron chi connectivity index (χ3n) is 1.37. The largest absolute Gasteiger partial charge is 1.00 e. The minimum atomic E-state index is -1.26. The van der Waals surface area contributed by atoms with Crippen molar-refractivity contribution >= 4 is 17.8 Å². The summed E-state index contributed by atoms with van der Waals surface area (Å²) in [4.78, 5) is 29.8. The van der Waals surface area contributed by atoms with Crippen LogP contribution < -0.4 is 57.1 Å². The number of carboxylic acid groups (broad SMARTS) is 2. The summed E-state index contributed by atoms with van der Waals surface area (Å²) in [7, 11) is 0. The Kier molecular flexibility index (Phi) is 17.0. The maximum atomic E-state index is 10.2. The molecule has 0 saturated carbocycles. The van der Waals surface area contributed by atoms with E-state index in [-0.39, 0.29) is 59.2 Å². The summed E-state index contributed by atoms with van der Waals surface area (Å²) >= 11 is 0. The molecule has 0 rings (SSSR count). The summed E-state index contributed by atoms with van der Waals surface area (Å²) in [6.07, 6.45) is 1.83. The van der Waals surface area contributed by atoms with E-state index in [1.807, 2.05) is 0 Å².